The Morgan fingerprint density at radius 1 is 1.24 bits per heavy atom. The summed E-state index contributed by atoms with van der Waals surface area (Å²) in [6.45, 7) is 3.92. The van der Waals surface area contributed by atoms with Gasteiger partial charge in [0.15, 0.2) is 5.96 Å². The van der Waals surface area contributed by atoms with Crippen LogP contribution in [0.5, 0.6) is 0 Å². The summed E-state index contributed by atoms with van der Waals surface area (Å²) >= 11 is 0. The maximum absolute atomic E-state index is 12.3. The van der Waals surface area contributed by atoms with Gasteiger partial charge >= 0.3 is 6.18 Å². The smallest absolute Gasteiger partial charge is 0.370 e. The molecule has 4 nitrogen and oxygen atoms in total. The molecule has 2 rings (SSSR count). The van der Waals surface area contributed by atoms with Crippen molar-refractivity contribution in [1.29, 1.82) is 0 Å². The third-order valence-corrected chi connectivity index (χ3v) is 3.95. The van der Waals surface area contributed by atoms with Gasteiger partial charge in [-0.2, -0.15) is 13.2 Å². The maximum atomic E-state index is 12.3. The number of aliphatic imine (C=N–C) groups is 1. The molecule has 2 aliphatic heterocycles. The number of nitrogens with zero attached hydrogens (tertiary/aromatic N) is 3. The number of alkyl halides is 3. The lowest BCUT2D eigenvalue weighted by Gasteiger charge is -2.32. The lowest BCUT2D eigenvalue weighted by atomic mass is 10.0. The van der Waals surface area contributed by atoms with Crippen LogP contribution >= 0.6 is 24.0 Å². The minimum Gasteiger partial charge on any atom is -0.370 e. The highest BCUT2D eigenvalue weighted by Crippen LogP contribution is 2.21. The summed E-state index contributed by atoms with van der Waals surface area (Å²) in [7, 11) is 0. The standard InChI is InChI=1S/C13H23F3N4.HI/c1-10-3-2-5-20(7-10)12(17)18-11-4-6-19(8-11)9-13(14,15)16;/h10-11H,2-9H2,1H3,(H2,17,18);1H. The van der Waals surface area contributed by atoms with E-state index >= 15 is 0 Å². The van der Waals surface area contributed by atoms with Crippen molar-refractivity contribution in [1.82, 2.24) is 9.80 Å². The highest BCUT2D eigenvalue weighted by molar-refractivity contribution is 14.0. The Kier molecular flexibility index (Phi) is 7.02. The first-order chi connectivity index (χ1) is 9.33. The summed E-state index contributed by atoms with van der Waals surface area (Å²) in [6.07, 6.45) is -1.18. The Balaban J connectivity index is 0.00000220. The van der Waals surface area contributed by atoms with Gasteiger partial charge in [0.2, 0.25) is 0 Å². The predicted molar refractivity (Wildman–Crippen MR) is 87.9 cm³/mol. The maximum Gasteiger partial charge on any atom is 0.401 e. The Morgan fingerprint density at radius 2 is 1.95 bits per heavy atom. The Morgan fingerprint density at radius 3 is 2.57 bits per heavy atom. The zero-order valence-electron chi connectivity index (χ0n) is 12.3. The quantitative estimate of drug-likeness (QED) is 0.424. The first-order valence-corrected chi connectivity index (χ1v) is 7.21. The van der Waals surface area contributed by atoms with E-state index in [0.717, 1.165) is 19.5 Å². The van der Waals surface area contributed by atoms with Gasteiger partial charge in [-0.25, -0.2) is 4.99 Å². The highest BCUT2D eigenvalue weighted by Gasteiger charge is 2.34. The van der Waals surface area contributed by atoms with E-state index in [1.165, 1.54) is 11.3 Å². The minimum absolute atomic E-state index is 0. The summed E-state index contributed by atoms with van der Waals surface area (Å²) in [6, 6.07) is -0.102. The number of nitrogens with two attached hydrogens (primary N) is 1. The molecule has 2 unspecified atom stereocenters. The Labute approximate surface area is 141 Å². The van der Waals surface area contributed by atoms with Crippen LogP contribution in [0.25, 0.3) is 0 Å². The van der Waals surface area contributed by atoms with Crippen molar-refractivity contribution in [2.75, 3.05) is 32.7 Å². The third-order valence-electron chi connectivity index (χ3n) is 3.95. The molecule has 0 aliphatic carbocycles. The van der Waals surface area contributed by atoms with E-state index in [1.54, 1.807) is 0 Å². The molecule has 124 valence electrons. The molecule has 2 atom stereocenters. The fourth-order valence-electron chi connectivity index (χ4n) is 2.98. The number of likely N-dealkylation sites (tertiary alicyclic amines) is 2. The molecule has 0 aromatic rings. The van der Waals surface area contributed by atoms with Crippen LogP contribution in [0.15, 0.2) is 4.99 Å². The molecule has 0 spiro atoms. The van der Waals surface area contributed by atoms with Gasteiger partial charge in [0, 0.05) is 26.2 Å². The van der Waals surface area contributed by atoms with E-state index in [2.05, 4.69) is 16.8 Å². The van der Waals surface area contributed by atoms with Gasteiger partial charge in [-0.05, 0) is 25.2 Å². The first-order valence-electron chi connectivity index (χ1n) is 7.21. The van der Waals surface area contributed by atoms with Gasteiger partial charge < -0.3 is 10.6 Å². The second-order valence-corrected chi connectivity index (χ2v) is 5.97. The van der Waals surface area contributed by atoms with Crippen molar-refractivity contribution < 1.29 is 13.2 Å². The van der Waals surface area contributed by atoms with Crippen molar-refractivity contribution in [2.24, 2.45) is 16.6 Å². The van der Waals surface area contributed by atoms with Crippen LogP contribution in [0.2, 0.25) is 0 Å². The van der Waals surface area contributed by atoms with E-state index in [1.807, 2.05) is 0 Å². The van der Waals surface area contributed by atoms with E-state index in [9.17, 15) is 13.2 Å². The summed E-state index contributed by atoms with van der Waals surface area (Å²) < 4.78 is 37.0. The molecule has 0 aromatic carbocycles. The second-order valence-electron chi connectivity index (χ2n) is 5.97. The average Bonchev–Trinajstić information content (AvgIpc) is 2.74. The normalized spacial score (nSPS) is 28.6. The molecule has 0 amide bonds. The SMILES string of the molecule is CC1CCCN(C(N)=NC2CCN(CC(F)(F)F)C2)C1.I. The molecule has 0 saturated carbocycles. The predicted octanol–water partition coefficient (Wildman–Crippen LogP) is 2.29. The molecule has 21 heavy (non-hydrogen) atoms. The van der Waals surface area contributed by atoms with E-state index in [0.29, 0.717) is 31.4 Å². The van der Waals surface area contributed by atoms with Crippen molar-refractivity contribution in [3.8, 4) is 0 Å². The highest BCUT2D eigenvalue weighted by atomic mass is 127. The van der Waals surface area contributed by atoms with Crippen LogP contribution in [0, 0.1) is 5.92 Å². The van der Waals surface area contributed by atoms with Gasteiger partial charge in [-0.1, -0.05) is 6.92 Å². The summed E-state index contributed by atoms with van der Waals surface area (Å²) in [5.74, 6) is 1.10. The van der Waals surface area contributed by atoms with Crippen LogP contribution in [0.3, 0.4) is 0 Å². The zero-order valence-corrected chi connectivity index (χ0v) is 14.6. The summed E-state index contributed by atoms with van der Waals surface area (Å²) in [5, 5.41) is 0. The van der Waals surface area contributed by atoms with E-state index < -0.39 is 12.7 Å². The molecular weight excluding hydrogens is 396 g/mol. The molecule has 0 bridgehead atoms. The van der Waals surface area contributed by atoms with E-state index in [-0.39, 0.29) is 30.0 Å². The topological polar surface area (TPSA) is 44.9 Å². The van der Waals surface area contributed by atoms with Gasteiger partial charge in [0.25, 0.3) is 0 Å². The number of hydrogen-bond acceptors (Lipinski definition) is 2. The number of hydrogen-bond donors (Lipinski definition) is 1. The first kappa shape index (κ1) is 18.8. The fraction of sp³-hybridized carbons (Fsp3) is 0.923. The third kappa shape index (κ3) is 6.17. The fourth-order valence-corrected chi connectivity index (χ4v) is 2.98. The number of guanidine groups is 1. The van der Waals surface area contributed by atoms with Gasteiger partial charge in [0.05, 0.1) is 12.6 Å². The number of rotatable bonds is 2. The van der Waals surface area contributed by atoms with Gasteiger partial charge in [-0.15, -0.1) is 24.0 Å². The molecule has 2 aliphatic rings. The molecule has 0 radical (unpaired) electrons. The molecule has 8 heteroatoms. The van der Waals surface area contributed by atoms with Crippen LogP contribution in [0.1, 0.15) is 26.2 Å². The monoisotopic (exact) mass is 420 g/mol. The van der Waals surface area contributed by atoms with Crippen molar-refractivity contribution in [3.63, 3.8) is 0 Å². The van der Waals surface area contributed by atoms with Crippen LogP contribution in [-0.4, -0.2) is 60.7 Å². The van der Waals surface area contributed by atoms with Crippen molar-refractivity contribution in [2.45, 2.75) is 38.4 Å². The molecule has 2 N–H and O–H groups in total. The lowest BCUT2D eigenvalue weighted by Crippen LogP contribution is -2.44. The van der Waals surface area contributed by atoms with Crippen LogP contribution in [0.4, 0.5) is 13.2 Å². The lowest BCUT2D eigenvalue weighted by molar-refractivity contribution is -0.143. The number of piperidine rings is 1. The molecule has 2 saturated heterocycles. The summed E-state index contributed by atoms with van der Waals surface area (Å²) in [4.78, 5) is 7.88. The minimum atomic E-state index is -4.13. The summed E-state index contributed by atoms with van der Waals surface area (Å²) in [5.41, 5.74) is 6.00. The molecular formula is C13H24F3IN4. The van der Waals surface area contributed by atoms with Gasteiger partial charge in [-0.3, -0.25) is 4.90 Å². The van der Waals surface area contributed by atoms with Crippen molar-refractivity contribution >= 4 is 29.9 Å². The second kappa shape index (κ2) is 7.85. The Bertz CT molecular complexity index is 362. The Hall–Kier alpha value is -0.250. The molecule has 0 aromatic heterocycles. The van der Waals surface area contributed by atoms with Crippen molar-refractivity contribution in [3.05, 3.63) is 0 Å². The zero-order chi connectivity index (χ0) is 14.8. The molecule has 2 fully saturated rings. The molecule has 2 heterocycles. The van der Waals surface area contributed by atoms with E-state index in [4.69, 9.17) is 5.73 Å². The van der Waals surface area contributed by atoms with Crippen LogP contribution < -0.4 is 5.73 Å². The van der Waals surface area contributed by atoms with Gasteiger partial charge in [0.1, 0.15) is 0 Å². The van der Waals surface area contributed by atoms with Crippen LogP contribution in [-0.2, 0) is 0 Å². The number of halogens is 4. The largest absolute Gasteiger partial charge is 0.401 e. The average molecular weight is 420 g/mol.